The molecule has 1 rings (SSSR count). The fourth-order valence-electron chi connectivity index (χ4n) is 1.62. The largest absolute Gasteiger partial charge is 0.295 e. The van der Waals surface area contributed by atoms with Crippen LogP contribution in [0.3, 0.4) is 0 Å². The molecule has 0 spiro atoms. The highest BCUT2D eigenvalue weighted by Crippen LogP contribution is 2.19. The van der Waals surface area contributed by atoms with Crippen molar-refractivity contribution in [1.82, 2.24) is 4.90 Å². The molecule has 5 heteroatoms. The number of rotatable bonds is 6. The predicted molar refractivity (Wildman–Crippen MR) is 68.4 cm³/mol. The van der Waals surface area contributed by atoms with Gasteiger partial charge in [0.25, 0.3) is 10.1 Å². The lowest BCUT2D eigenvalue weighted by Crippen LogP contribution is -2.28. The van der Waals surface area contributed by atoms with Crippen LogP contribution in [0.25, 0.3) is 0 Å². The number of hydrogen-bond acceptors (Lipinski definition) is 3. The van der Waals surface area contributed by atoms with Crippen LogP contribution in [0.1, 0.15) is 11.6 Å². The van der Waals surface area contributed by atoms with E-state index in [0.717, 1.165) is 5.56 Å². The summed E-state index contributed by atoms with van der Waals surface area (Å²) in [5, 5.41) is 0. The predicted octanol–water partition coefficient (Wildman–Crippen LogP) is 1.73. The van der Waals surface area contributed by atoms with Crippen molar-refractivity contribution in [1.29, 1.82) is 0 Å². The molecule has 0 saturated carbocycles. The first kappa shape index (κ1) is 13.9. The Labute approximate surface area is 102 Å². The summed E-state index contributed by atoms with van der Waals surface area (Å²) in [5.74, 6) is -0.277. The van der Waals surface area contributed by atoms with Crippen molar-refractivity contribution < 1.29 is 13.0 Å². The third kappa shape index (κ3) is 4.68. The molecule has 0 aromatic heterocycles. The molecule has 0 fully saturated rings. The van der Waals surface area contributed by atoms with E-state index in [4.69, 9.17) is 4.55 Å². The molecule has 17 heavy (non-hydrogen) atoms. The van der Waals surface area contributed by atoms with Crippen LogP contribution in [0.4, 0.5) is 0 Å². The Kier molecular flexibility index (Phi) is 4.86. The molecule has 0 radical (unpaired) electrons. The Morgan fingerprint density at radius 2 is 2.00 bits per heavy atom. The average Bonchev–Trinajstić information content (AvgIpc) is 2.28. The molecule has 0 heterocycles. The summed E-state index contributed by atoms with van der Waals surface area (Å²) >= 11 is 0. The molecule has 1 unspecified atom stereocenters. The van der Waals surface area contributed by atoms with Crippen molar-refractivity contribution in [2.75, 3.05) is 19.3 Å². The average molecular weight is 255 g/mol. The maximum atomic E-state index is 10.7. The van der Waals surface area contributed by atoms with Crippen molar-refractivity contribution in [3.63, 3.8) is 0 Å². The number of likely N-dealkylation sites (N-methyl/N-ethyl adjacent to an activating group) is 1. The molecular weight excluding hydrogens is 238 g/mol. The van der Waals surface area contributed by atoms with Crippen LogP contribution in [-0.4, -0.2) is 37.2 Å². The maximum absolute atomic E-state index is 10.7. The van der Waals surface area contributed by atoms with E-state index in [9.17, 15) is 8.42 Å². The van der Waals surface area contributed by atoms with E-state index in [1.54, 1.807) is 13.1 Å². The molecule has 1 N–H and O–H groups in total. The molecule has 94 valence electrons. The fraction of sp³-hybridized carbons (Fsp3) is 0.333. The lowest BCUT2D eigenvalue weighted by atomic mass is 10.1. The molecule has 0 bridgehead atoms. The third-order valence-electron chi connectivity index (χ3n) is 2.54. The molecule has 0 saturated heterocycles. The minimum Gasteiger partial charge on any atom is -0.295 e. The maximum Gasteiger partial charge on any atom is 0.266 e. The van der Waals surface area contributed by atoms with Gasteiger partial charge >= 0.3 is 0 Å². The van der Waals surface area contributed by atoms with Crippen LogP contribution in [0, 0.1) is 0 Å². The highest BCUT2D eigenvalue weighted by molar-refractivity contribution is 7.85. The summed E-state index contributed by atoms with van der Waals surface area (Å²) in [6.07, 6.45) is 1.75. The Morgan fingerprint density at radius 3 is 2.47 bits per heavy atom. The van der Waals surface area contributed by atoms with Gasteiger partial charge in [0.2, 0.25) is 0 Å². The summed E-state index contributed by atoms with van der Waals surface area (Å²) < 4.78 is 30.1. The van der Waals surface area contributed by atoms with E-state index >= 15 is 0 Å². The van der Waals surface area contributed by atoms with Gasteiger partial charge in [-0.2, -0.15) is 8.42 Å². The Balaban J connectivity index is 2.72. The van der Waals surface area contributed by atoms with Gasteiger partial charge in [0.05, 0.1) is 11.8 Å². The summed E-state index contributed by atoms with van der Waals surface area (Å²) in [6.45, 7) is 4.00. The van der Waals surface area contributed by atoms with Crippen molar-refractivity contribution in [3.8, 4) is 0 Å². The highest BCUT2D eigenvalue weighted by Gasteiger charge is 2.15. The van der Waals surface area contributed by atoms with Crippen LogP contribution in [-0.2, 0) is 10.1 Å². The molecule has 1 aromatic rings. The molecule has 0 aliphatic heterocycles. The first-order valence-electron chi connectivity index (χ1n) is 5.27. The van der Waals surface area contributed by atoms with Gasteiger partial charge in [0.15, 0.2) is 0 Å². The van der Waals surface area contributed by atoms with E-state index in [-0.39, 0.29) is 18.3 Å². The topological polar surface area (TPSA) is 57.6 Å². The van der Waals surface area contributed by atoms with E-state index < -0.39 is 10.1 Å². The SMILES string of the molecule is C=CC(c1ccccc1)N(C)CCS(=O)(=O)O. The highest BCUT2D eigenvalue weighted by atomic mass is 32.2. The summed E-state index contributed by atoms with van der Waals surface area (Å²) in [5.41, 5.74) is 1.04. The lowest BCUT2D eigenvalue weighted by Gasteiger charge is -2.25. The quantitative estimate of drug-likeness (QED) is 0.621. The minimum absolute atomic E-state index is 0.0575. The first-order valence-corrected chi connectivity index (χ1v) is 6.88. The van der Waals surface area contributed by atoms with Crippen molar-refractivity contribution >= 4 is 10.1 Å². The normalized spacial score (nSPS) is 13.6. The van der Waals surface area contributed by atoms with Gasteiger partial charge in [-0.25, -0.2) is 0 Å². The van der Waals surface area contributed by atoms with Gasteiger partial charge in [-0.15, -0.1) is 6.58 Å². The van der Waals surface area contributed by atoms with E-state index in [2.05, 4.69) is 6.58 Å². The second kappa shape index (κ2) is 5.95. The summed E-state index contributed by atoms with van der Waals surface area (Å²) in [4.78, 5) is 1.83. The van der Waals surface area contributed by atoms with Crippen molar-refractivity contribution in [3.05, 3.63) is 48.6 Å². The second-order valence-corrected chi connectivity index (χ2v) is 5.43. The Bertz CT molecular complexity index is 456. The summed E-state index contributed by atoms with van der Waals surface area (Å²) in [6, 6.07) is 9.61. The zero-order valence-corrected chi connectivity index (χ0v) is 10.6. The minimum atomic E-state index is -3.92. The summed E-state index contributed by atoms with van der Waals surface area (Å²) in [7, 11) is -2.12. The molecule has 0 aliphatic rings. The second-order valence-electron chi connectivity index (χ2n) is 3.86. The van der Waals surface area contributed by atoms with Crippen molar-refractivity contribution in [2.24, 2.45) is 0 Å². The van der Waals surface area contributed by atoms with Crippen LogP contribution in [0.2, 0.25) is 0 Å². The molecular formula is C12H17NO3S. The van der Waals surface area contributed by atoms with Crippen LogP contribution in [0.5, 0.6) is 0 Å². The van der Waals surface area contributed by atoms with Crippen molar-refractivity contribution in [2.45, 2.75) is 6.04 Å². The molecule has 0 aliphatic carbocycles. The third-order valence-corrected chi connectivity index (χ3v) is 3.24. The number of hydrogen-bond donors (Lipinski definition) is 1. The van der Waals surface area contributed by atoms with Gasteiger partial charge in [0, 0.05) is 6.54 Å². The van der Waals surface area contributed by atoms with Gasteiger partial charge in [-0.3, -0.25) is 9.45 Å². The Hall–Kier alpha value is -1.17. The number of benzene rings is 1. The van der Waals surface area contributed by atoms with E-state index in [0.29, 0.717) is 0 Å². The zero-order chi connectivity index (χ0) is 12.9. The van der Waals surface area contributed by atoms with Gasteiger partial charge < -0.3 is 0 Å². The molecule has 1 atom stereocenters. The van der Waals surface area contributed by atoms with Crippen LogP contribution in [0.15, 0.2) is 43.0 Å². The number of nitrogens with zero attached hydrogens (tertiary/aromatic N) is 1. The monoisotopic (exact) mass is 255 g/mol. The van der Waals surface area contributed by atoms with E-state index in [1.807, 2.05) is 35.2 Å². The fourth-order valence-corrected chi connectivity index (χ4v) is 2.14. The standard InChI is InChI=1S/C12H17NO3S/c1-3-12(11-7-5-4-6-8-11)13(2)9-10-17(14,15)16/h3-8,12H,1,9-10H2,2H3,(H,14,15,16). The molecule has 0 amide bonds. The van der Waals surface area contributed by atoms with Crippen LogP contribution >= 0.6 is 0 Å². The van der Waals surface area contributed by atoms with Gasteiger partial charge in [-0.1, -0.05) is 36.4 Å². The smallest absolute Gasteiger partial charge is 0.266 e. The lowest BCUT2D eigenvalue weighted by molar-refractivity contribution is 0.300. The molecule has 1 aromatic carbocycles. The van der Waals surface area contributed by atoms with Gasteiger partial charge in [0.1, 0.15) is 0 Å². The van der Waals surface area contributed by atoms with Gasteiger partial charge in [-0.05, 0) is 12.6 Å². The molecule has 4 nitrogen and oxygen atoms in total. The van der Waals surface area contributed by atoms with Crippen LogP contribution < -0.4 is 0 Å². The zero-order valence-electron chi connectivity index (χ0n) is 9.78. The van der Waals surface area contributed by atoms with E-state index in [1.165, 1.54) is 0 Å². The first-order chi connectivity index (χ1) is 7.94. The Morgan fingerprint density at radius 1 is 1.41 bits per heavy atom.